The molecule has 0 fully saturated rings. The molecule has 9 heteroatoms. The third-order valence-electron chi connectivity index (χ3n) is 11.9. The van der Waals surface area contributed by atoms with Gasteiger partial charge in [-0.15, -0.1) is 0 Å². The molecule has 0 radical (unpaired) electrons. The Kier molecular flexibility index (Phi) is 43.5. The van der Waals surface area contributed by atoms with Crippen LogP contribution in [0.25, 0.3) is 0 Å². The molecule has 0 rings (SSSR count). The van der Waals surface area contributed by atoms with E-state index in [9.17, 15) is 19.4 Å². The molecule has 362 valence electrons. The monoisotopic (exact) mass is 883 g/mol. The van der Waals surface area contributed by atoms with Gasteiger partial charge < -0.3 is 28.8 Å². The highest BCUT2D eigenvalue weighted by Gasteiger charge is 2.24. The zero-order valence-corrected chi connectivity index (χ0v) is 42.0. The second-order valence-corrected chi connectivity index (χ2v) is 20.6. The molecule has 0 saturated heterocycles. The predicted molar refractivity (Wildman–Crippen MR) is 261 cm³/mol. The van der Waals surface area contributed by atoms with Crippen molar-refractivity contribution >= 4 is 13.7 Å². The van der Waals surface area contributed by atoms with E-state index < -0.39 is 20.0 Å². The zero-order chi connectivity index (χ0) is 45.0. The van der Waals surface area contributed by atoms with E-state index in [4.69, 9.17) is 9.05 Å². The highest BCUT2D eigenvalue weighted by atomic mass is 31.2. The number of carbonyl (C=O) groups excluding carboxylic acids is 1. The molecule has 0 aliphatic rings. The molecule has 0 aromatic carbocycles. The number of unbranched alkanes of at least 4 members (excludes halogenated alkanes) is 31. The van der Waals surface area contributed by atoms with Crippen LogP contribution in [0.3, 0.4) is 0 Å². The van der Waals surface area contributed by atoms with Crippen LogP contribution in [0.1, 0.15) is 251 Å². The Morgan fingerprint density at radius 2 is 0.951 bits per heavy atom. The molecule has 0 spiro atoms. The molecule has 0 bridgehead atoms. The van der Waals surface area contributed by atoms with E-state index in [1.807, 2.05) is 21.1 Å². The summed E-state index contributed by atoms with van der Waals surface area (Å²) in [6.07, 6.45) is 53.3. The molecule has 61 heavy (non-hydrogen) atoms. The van der Waals surface area contributed by atoms with Gasteiger partial charge in [0.15, 0.2) is 0 Å². The maximum absolute atomic E-state index is 12.9. The number of hydrogen-bond donors (Lipinski definition) is 2. The summed E-state index contributed by atoms with van der Waals surface area (Å²) in [6, 6.07) is -0.803. The van der Waals surface area contributed by atoms with Crippen molar-refractivity contribution in [3.8, 4) is 0 Å². The van der Waals surface area contributed by atoms with Crippen molar-refractivity contribution in [3.05, 3.63) is 24.3 Å². The summed E-state index contributed by atoms with van der Waals surface area (Å²) in [5.74, 6) is -0.170. The Labute approximate surface area is 379 Å². The highest BCUT2D eigenvalue weighted by molar-refractivity contribution is 7.45. The van der Waals surface area contributed by atoms with E-state index in [-0.39, 0.29) is 19.1 Å². The normalized spacial score (nSPS) is 14.3. The minimum atomic E-state index is -4.57. The number of nitrogens with one attached hydrogen (secondary N) is 1. The van der Waals surface area contributed by atoms with Gasteiger partial charge in [0.1, 0.15) is 13.2 Å². The molecular formula is C52H103N2O6P. The first-order chi connectivity index (χ1) is 29.5. The lowest BCUT2D eigenvalue weighted by molar-refractivity contribution is -0.870. The number of quaternary nitrogens is 1. The smallest absolute Gasteiger partial charge is 0.268 e. The largest absolute Gasteiger partial charge is 0.756 e. The molecule has 0 aliphatic carbocycles. The van der Waals surface area contributed by atoms with Gasteiger partial charge in [-0.05, 0) is 44.9 Å². The molecule has 1 amide bonds. The van der Waals surface area contributed by atoms with Gasteiger partial charge in [-0.1, -0.05) is 224 Å². The molecule has 3 unspecified atom stereocenters. The van der Waals surface area contributed by atoms with Gasteiger partial charge in [0, 0.05) is 6.42 Å². The Morgan fingerprint density at radius 1 is 0.574 bits per heavy atom. The first-order valence-electron chi connectivity index (χ1n) is 26.2. The predicted octanol–water partition coefficient (Wildman–Crippen LogP) is 14.6. The molecule has 0 aromatic rings. The van der Waals surface area contributed by atoms with Crippen LogP contribution < -0.4 is 10.2 Å². The fourth-order valence-corrected chi connectivity index (χ4v) is 8.50. The number of aliphatic hydroxyl groups is 1. The maximum Gasteiger partial charge on any atom is 0.268 e. The average molecular weight is 883 g/mol. The number of amides is 1. The van der Waals surface area contributed by atoms with Crippen LogP contribution in [-0.2, 0) is 18.4 Å². The van der Waals surface area contributed by atoms with Crippen LogP contribution >= 0.6 is 7.82 Å². The van der Waals surface area contributed by atoms with E-state index >= 15 is 0 Å². The Balaban J connectivity index is 4.25. The van der Waals surface area contributed by atoms with Crippen molar-refractivity contribution < 1.29 is 32.9 Å². The van der Waals surface area contributed by atoms with Gasteiger partial charge in [-0.2, -0.15) is 0 Å². The molecule has 0 heterocycles. The number of phosphoric ester groups is 1. The van der Waals surface area contributed by atoms with E-state index in [1.165, 1.54) is 173 Å². The Hall–Kier alpha value is -1.02. The summed E-state index contributed by atoms with van der Waals surface area (Å²) >= 11 is 0. The van der Waals surface area contributed by atoms with Crippen molar-refractivity contribution in [1.29, 1.82) is 0 Å². The maximum atomic E-state index is 12.9. The standard InChI is InChI=1S/C52H103N2O6P/c1-6-8-10-12-14-16-18-20-22-24-26-27-28-29-31-33-35-37-39-41-43-45-51(55)50(49-60-61(57,58)59-48-47-54(3,4)5)53-52(56)46-44-42-40-38-36-34-32-30-25-23-21-19-17-15-13-11-9-7-2/h17,19,23,25,50-51,55H,6-16,18,20-22,24,26-49H2,1-5H3,(H-,53,56,57,58)/b19-17-,25-23-. The van der Waals surface area contributed by atoms with Crippen LogP contribution in [0.4, 0.5) is 0 Å². The number of rotatable bonds is 48. The van der Waals surface area contributed by atoms with Gasteiger partial charge in [-0.3, -0.25) is 9.36 Å². The second-order valence-electron chi connectivity index (χ2n) is 19.2. The van der Waals surface area contributed by atoms with Crippen LogP contribution in [-0.4, -0.2) is 68.5 Å². The molecular weight excluding hydrogens is 780 g/mol. The van der Waals surface area contributed by atoms with E-state index in [0.29, 0.717) is 23.9 Å². The van der Waals surface area contributed by atoms with E-state index in [2.05, 4.69) is 43.5 Å². The van der Waals surface area contributed by atoms with E-state index in [0.717, 1.165) is 51.4 Å². The molecule has 2 N–H and O–H groups in total. The van der Waals surface area contributed by atoms with Crippen molar-refractivity contribution in [3.63, 3.8) is 0 Å². The summed E-state index contributed by atoms with van der Waals surface area (Å²) in [5.41, 5.74) is 0. The summed E-state index contributed by atoms with van der Waals surface area (Å²) in [4.78, 5) is 25.4. The first-order valence-corrected chi connectivity index (χ1v) is 27.6. The number of likely N-dealkylation sites (N-methyl/N-ethyl adjacent to an activating group) is 1. The number of phosphoric acid groups is 1. The van der Waals surface area contributed by atoms with Crippen LogP contribution in [0.2, 0.25) is 0 Å². The average Bonchev–Trinajstić information content (AvgIpc) is 3.21. The Bertz CT molecular complexity index is 1050. The quantitative estimate of drug-likeness (QED) is 0.0273. The third-order valence-corrected chi connectivity index (χ3v) is 12.9. The van der Waals surface area contributed by atoms with Crippen molar-refractivity contribution in [2.75, 3.05) is 40.9 Å². The second kappa shape index (κ2) is 44.2. The molecule has 0 saturated carbocycles. The van der Waals surface area contributed by atoms with Crippen molar-refractivity contribution in [2.24, 2.45) is 0 Å². The van der Waals surface area contributed by atoms with Gasteiger partial charge >= 0.3 is 0 Å². The molecule has 0 aromatic heterocycles. The Morgan fingerprint density at radius 3 is 1.38 bits per heavy atom. The summed E-state index contributed by atoms with van der Waals surface area (Å²) in [7, 11) is 1.31. The lowest BCUT2D eigenvalue weighted by Gasteiger charge is -2.30. The minimum Gasteiger partial charge on any atom is -0.756 e. The fourth-order valence-electron chi connectivity index (χ4n) is 7.78. The summed E-state index contributed by atoms with van der Waals surface area (Å²) < 4.78 is 23.4. The van der Waals surface area contributed by atoms with Crippen LogP contribution in [0, 0.1) is 0 Å². The van der Waals surface area contributed by atoms with Gasteiger partial charge in [0.25, 0.3) is 7.82 Å². The lowest BCUT2D eigenvalue weighted by Crippen LogP contribution is -2.46. The highest BCUT2D eigenvalue weighted by Crippen LogP contribution is 2.38. The molecule has 3 atom stereocenters. The number of nitrogens with zero attached hydrogens (tertiary/aromatic N) is 1. The van der Waals surface area contributed by atoms with Gasteiger partial charge in [-0.25, -0.2) is 0 Å². The minimum absolute atomic E-state index is 0.0114. The lowest BCUT2D eigenvalue weighted by atomic mass is 10.0. The number of hydrogen-bond acceptors (Lipinski definition) is 6. The SMILES string of the molecule is CCCCCC/C=C\C/C=C\CCCCCCCCCC(=O)NC(COP(=O)([O-])OCC[N+](C)(C)C)C(O)CCCCCCCCCCCCCCCCCCCCCCC. The topological polar surface area (TPSA) is 108 Å². The number of carbonyl (C=O) groups is 1. The van der Waals surface area contributed by atoms with Gasteiger partial charge in [0.2, 0.25) is 5.91 Å². The van der Waals surface area contributed by atoms with Crippen LogP contribution in [0.15, 0.2) is 24.3 Å². The summed E-state index contributed by atoms with van der Waals surface area (Å²) in [5, 5.41) is 14.0. The van der Waals surface area contributed by atoms with Gasteiger partial charge in [0.05, 0.1) is 39.9 Å². The summed E-state index contributed by atoms with van der Waals surface area (Å²) in [6.45, 7) is 4.72. The fraction of sp³-hybridized carbons (Fsp3) is 0.904. The van der Waals surface area contributed by atoms with Crippen molar-refractivity contribution in [2.45, 2.75) is 264 Å². The number of allylic oxidation sites excluding steroid dienone is 4. The number of aliphatic hydroxyl groups excluding tert-OH is 1. The van der Waals surface area contributed by atoms with E-state index in [1.54, 1.807) is 0 Å². The molecule has 8 nitrogen and oxygen atoms in total. The zero-order valence-electron chi connectivity index (χ0n) is 41.1. The first kappa shape index (κ1) is 60.0. The van der Waals surface area contributed by atoms with Crippen molar-refractivity contribution in [1.82, 2.24) is 5.32 Å². The molecule has 0 aliphatic heterocycles. The van der Waals surface area contributed by atoms with Crippen LogP contribution in [0.5, 0.6) is 0 Å². The third kappa shape index (κ3) is 46.8.